The van der Waals surface area contributed by atoms with Crippen molar-refractivity contribution in [2.45, 2.75) is 31.7 Å². The van der Waals surface area contributed by atoms with Gasteiger partial charge < -0.3 is 15.2 Å². The van der Waals surface area contributed by atoms with Crippen LogP contribution in [0.1, 0.15) is 41.6 Å². The number of carboxylic acid groups (broad SMARTS) is 1. The van der Waals surface area contributed by atoms with Crippen LogP contribution in [0.2, 0.25) is 0 Å². The van der Waals surface area contributed by atoms with Crippen molar-refractivity contribution < 1.29 is 19.4 Å². The summed E-state index contributed by atoms with van der Waals surface area (Å²) < 4.78 is 4.86. The fraction of sp³-hybridized carbons (Fsp3) is 0.444. The van der Waals surface area contributed by atoms with Gasteiger partial charge in [-0.25, -0.2) is 0 Å². The largest absolute Gasteiger partial charge is 0.481 e. The van der Waals surface area contributed by atoms with Gasteiger partial charge in [0.25, 0.3) is 5.91 Å². The van der Waals surface area contributed by atoms with Crippen molar-refractivity contribution in [3.8, 4) is 11.8 Å². The molecule has 2 rings (SSSR count). The van der Waals surface area contributed by atoms with E-state index in [2.05, 4.69) is 17.2 Å². The normalized spacial score (nSPS) is 19.7. The Kier molecular flexibility index (Phi) is 6.19. The molecule has 1 aromatic rings. The van der Waals surface area contributed by atoms with Crippen LogP contribution in [-0.2, 0) is 9.53 Å². The summed E-state index contributed by atoms with van der Waals surface area (Å²) in [5, 5.41) is 11.9. The first-order chi connectivity index (χ1) is 11.1. The highest BCUT2D eigenvalue weighted by atomic mass is 16.5. The predicted octanol–water partition coefficient (Wildman–Crippen LogP) is 2.06. The van der Waals surface area contributed by atoms with Gasteiger partial charge in [0.15, 0.2) is 0 Å². The molecule has 0 unspecified atom stereocenters. The molecule has 1 aliphatic rings. The van der Waals surface area contributed by atoms with Crippen LogP contribution in [0.3, 0.4) is 0 Å². The molecule has 1 aromatic carbocycles. The number of benzene rings is 1. The van der Waals surface area contributed by atoms with Crippen LogP contribution in [0.5, 0.6) is 0 Å². The Balaban J connectivity index is 1.95. The maximum Gasteiger partial charge on any atom is 0.303 e. The van der Waals surface area contributed by atoms with Gasteiger partial charge in [0.1, 0.15) is 6.61 Å². The van der Waals surface area contributed by atoms with Crippen molar-refractivity contribution in [2.24, 2.45) is 5.92 Å². The number of methoxy groups -OCH3 is 1. The predicted molar refractivity (Wildman–Crippen MR) is 86.0 cm³/mol. The fourth-order valence-corrected chi connectivity index (χ4v) is 2.86. The summed E-state index contributed by atoms with van der Waals surface area (Å²) in [5.74, 6) is 4.85. The van der Waals surface area contributed by atoms with Crippen LogP contribution in [0, 0.1) is 17.8 Å². The van der Waals surface area contributed by atoms with Crippen molar-refractivity contribution >= 4 is 11.9 Å². The van der Waals surface area contributed by atoms with E-state index >= 15 is 0 Å². The van der Waals surface area contributed by atoms with E-state index in [1.165, 1.54) is 0 Å². The zero-order valence-electron chi connectivity index (χ0n) is 13.2. The van der Waals surface area contributed by atoms with E-state index in [-0.39, 0.29) is 24.3 Å². The minimum absolute atomic E-state index is 0.0237. The summed E-state index contributed by atoms with van der Waals surface area (Å²) >= 11 is 0. The maximum absolute atomic E-state index is 12.3. The first kappa shape index (κ1) is 17.0. The smallest absolute Gasteiger partial charge is 0.303 e. The van der Waals surface area contributed by atoms with E-state index in [1.54, 1.807) is 31.4 Å². The summed E-state index contributed by atoms with van der Waals surface area (Å²) in [6.45, 7) is 0.370. The number of ether oxygens (including phenoxy) is 1. The Morgan fingerprint density at radius 1 is 1.30 bits per heavy atom. The SMILES string of the molecule is COCC#Cc1ccc(C(=O)N[C@H]2CCC[C@H]2CC(=O)O)cc1. The number of hydrogen-bond donors (Lipinski definition) is 2. The molecule has 0 aromatic heterocycles. The molecule has 1 amide bonds. The highest BCUT2D eigenvalue weighted by molar-refractivity contribution is 5.94. The molecule has 1 saturated carbocycles. The fourth-order valence-electron chi connectivity index (χ4n) is 2.86. The van der Waals surface area contributed by atoms with Gasteiger partial charge in [-0.15, -0.1) is 0 Å². The first-order valence-corrected chi connectivity index (χ1v) is 7.70. The van der Waals surface area contributed by atoms with Crippen LogP contribution >= 0.6 is 0 Å². The number of hydrogen-bond acceptors (Lipinski definition) is 3. The molecule has 1 aliphatic carbocycles. The summed E-state index contributed by atoms with van der Waals surface area (Å²) in [7, 11) is 1.59. The standard InChI is InChI=1S/C18H21NO4/c1-23-11-3-4-13-7-9-14(10-8-13)18(22)19-16-6-2-5-15(16)12-17(20)21/h7-10,15-16H,2,5-6,11-12H2,1H3,(H,19,22)(H,20,21)/t15-,16-/m0/s1. The highest BCUT2D eigenvalue weighted by Crippen LogP contribution is 2.28. The maximum atomic E-state index is 12.3. The Hall–Kier alpha value is -2.32. The molecule has 1 fully saturated rings. The molecule has 5 heteroatoms. The number of carbonyl (C=O) groups excluding carboxylic acids is 1. The van der Waals surface area contributed by atoms with Crippen molar-refractivity contribution in [3.05, 3.63) is 35.4 Å². The van der Waals surface area contributed by atoms with Crippen molar-refractivity contribution in [1.29, 1.82) is 0 Å². The van der Waals surface area contributed by atoms with Crippen molar-refractivity contribution in [3.63, 3.8) is 0 Å². The summed E-state index contributed by atoms with van der Waals surface area (Å²) in [6, 6.07) is 6.99. The van der Waals surface area contributed by atoms with E-state index in [4.69, 9.17) is 9.84 Å². The number of rotatable bonds is 5. The van der Waals surface area contributed by atoms with Crippen LogP contribution in [0.4, 0.5) is 0 Å². The van der Waals surface area contributed by atoms with Crippen LogP contribution in [-0.4, -0.2) is 36.7 Å². The summed E-state index contributed by atoms with van der Waals surface area (Å²) in [5.41, 5.74) is 1.38. The Labute approximate surface area is 136 Å². The molecule has 0 heterocycles. The molecule has 0 saturated heterocycles. The second-order valence-electron chi connectivity index (χ2n) is 5.68. The van der Waals surface area contributed by atoms with Gasteiger partial charge in [-0.3, -0.25) is 9.59 Å². The molecule has 122 valence electrons. The molecule has 2 N–H and O–H groups in total. The zero-order valence-corrected chi connectivity index (χ0v) is 13.2. The van der Waals surface area contributed by atoms with Crippen LogP contribution in [0.15, 0.2) is 24.3 Å². The Bertz CT molecular complexity index is 612. The molecule has 0 bridgehead atoms. The van der Waals surface area contributed by atoms with Gasteiger partial charge in [-0.1, -0.05) is 18.3 Å². The molecule has 5 nitrogen and oxygen atoms in total. The summed E-state index contributed by atoms with van der Waals surface area (Å²) in [4.78, 5) is 23.2. The van der Waals surface area contributed by atoms with Crippen LogP contribution in [0.25, 0.3) is 0 Å². The van der Waals surface area contributed by atoms with E-state index in [0.29, 0.717) is 12.2 Å². The molecule has 0 spiro atoms. The molecule has 2 atom stereocenters. The lowest BCUT2D eigenvalue weighted by Gasteiger charge is -2.19. The lowest BCUT2D eigenvalue weighted by molar-refractivity contribution is -0.138. The second-order valence-corrected chi connectivity index (χ2v) is 5.68. The van der Waals surface area contributed by atoms with E-state index in [0.717, 1.165) is 24.8 Å². The minimum Gasteiger partial charge on any atom is -0.481 e. The van der Waals surface area contributed by atoms with Gasteiger partial charge in [0.2, 0.25) is 0 Å². The average Bonchev–Trinajstić information content (AvgIpc) is 2.94. The Morgan fingerprint density at radius 2 is 2.04 bits per heavy atom. The number of aliphatic carboxylic acids is 1. The van der Waals surface area contributed by atoms with Gasteiger partial charge in [0, 0.05) is 24.3 Å². The third-order valence-corrected chi connectivity index (χ3v) is 4.01. The average molecular weight is 315 g/mol. The van der Waals surface area contributed by atoms with Crippen molar-refractivity contribution in [2.75, 3.05) is 13.7 Å². The lowest BCUT2D eigenvalue weighted by Crippen LogP contribution is -2.38. The third kappa shape index (κ3) is 5.11. The number of nitrogens with one attached hydrogen (secondary N) is 1. The van der Waals surface area contributed by atoms with E-state index < -0.39 is 5.97 Å². The van der Waals surface area contributed by atoms with Crippen LogP contribution < -0.4 is 5.32 Å². The van der Waals surface area contributed by atoms with Crippen molar-refractivity contribution in [1.82, 2.24) is 5.32 Å². The topological polar surface area (TPSA) is 75.6 Å². The quantitative estimate of drug-likeness (QED) is 0.816. The minimum atomic E-state index is -0.810. The van der Waals surface area contributed by atoms with E-state index in [1.807, 2.05) is 0 Å². The lowest BCUT2D eigenvalue weighted by atomic mass is 9.99. The molecular weight excluding hydrogens is 294 g/mol. The zero-order chi connectivity index (χ0) is 16.7. The van der Waals surface area contributed by atoms with Gasteiger partial charge in [0.05, 0.1) is 6.42 Å². The highest BCUT2D eigenvalue weighted by Gasteiger charge is 2.30. The van der Waals surface area contributed by atoms with Gasteiger partial charge >= 0.3 is 5.97 Å². The van der Waals surface area contributed by atoms with Gasteiger partial charge in [-0.2, -0.15) is 0 Å². The van der Waals surface area contributed by atoms with Gasteiger partial charge in [-0.05, 0) is 43.0 Å². The monoisotopic (exact) mass is 315 g/mol. The first-order valence-electron chi connectivity index (χ1n) is 7.70. The molecule has 0 radical (unpaired) electrons. The number of amides is 1. The second kappa shape index (κ2) is 8.35. The third-order valence-electron chi connectivity index (χ3n) is 4.01. The van der Waals surface area contributed by atoms with E-state index in [9.17, 15) is 9.59 Å². The summed E-state index contributed by atoms with van der Waals surface area (Å²) in [6.07, 6.45) is 2.76. The molecule has 23 heavy (non-hydrogen) atoms. The Morgan fingerprint density at radius 3 is 2.70 bits per heavy atom. The molecular formula is C18H21NO4. The molecule has 0 aliphatic heterocycles. The number of carboxylic acids is 1. The number of carbonyl (C=O) groups is 2.